The Balaban J connectivity index is 2.10. The normalized spacial score (nSPS) is 25.5. The van der Waals surface area contributed by atoms with Crippen molar-refractivity contribution in [3.8, 4) is 0 Å². The van der Waals surface area contributed by atoms with E-state index in [2.05, 4.69) is 5.32 Å². The van der Waals surface area contributed by atoms with Crippen molar-refractivity contribution in [1.82, 2.24) is 0 Å². The third kappa shape index (κ3) is 2.45. The lowest BCUT2D eigenvalue weighted by atomic mass is 10.1. The summed E-state index contributed by atoms with van der Waals surface area (Å²) in [5.41, 5.74) is 6.32. The standard InChI is InChI=1S/C11H14F2N2/c12-7-4-8(13)6-9(5-7)15-11-3-1-2-10(11)14/h4-6,10-11,15H,1-3,14H2/t10-,11-/m1/s1. The molecule has 0 unspecified atom stereocenters. The lowest BCUT2D eigenvalue weighted by Crippen LogP contribution is -2.35. The van der Waals surface area contributed by atoms with Crippen LogP contribution in [0, 0.1) is 11.6 Å². The Kier molecular flexibility index (Phi) is 2.86. The van der Waals surface area contributed by atoms with Crippen molar-refractivity contribution in [3.05, 3.63) is 29.8 Å². The van der Waals surface area contributed by atoms with E-state index in [1.807, 2.05) is 0 Å². The minimum atomic E-state index is -0.566. The lowest BCUT2D eigenvalue weighted by molar-refractivity contribution is 0.581. The highest BCUT2D eigenvalue weighted by Gasteiger charge is 2.23. The smallest absolute Gasteiger partial charge is 0.128 e. The number of anilines is 1. The van der Waals surface area contributed by atoms with Gasteiger partial charge in [-0.2, -0.15) is 0 Å². The van der Waals surface area contributed by atoms with Crippen molar-refractivity contribution in [2.24, 2.45) is 5.73 Å². The molecule has 0 bridgehead atoms. The summed E-state index contributed by atoms with van der Waals surface area (Å²) in [5.74, 6) is -1.13. The molecule has 2 nitrogen and oxygen atoms in total. The molecule has 0 amide bonds. The zero-order chi connectivity index (χ0) is 10.8. The van der Waals surface area contributed by atoms with Crippen LogP contribution in [0.4, 0.5) is 14.5 Å². The van der Waals surface area contributed by atoms with Crippen molar-refractivity contribution in [2.75, 3.05) is 5.32 Å². The van der Waals surface area contributed by atoms with Crippen molar-refractivity contribution >= 4 is 5.69 Å². The van der Waals surface area contributed by atoms with Gasteiger partial charge in [-0.25, -0.2) is 8.78 Å². The average Bonchev–Trinajstić information content (AvgIpc) is 2.50. The molecule has 2 atom stereocenters. The van der Waals surface area contributed by atoms with Crippen LogP contribution in [0.1, 0.15) is 19.3 Å². The van der Waals surface area contributed by atoms with Crippen LogP contribution in [-0.4, -0.2) is 12.1 Å². The minimum Gasteiger partial charge on any atom is -0.381 e. The molecule has 3 N–H and O–H groups in total. The topological polar surface area (TPSA) is 38.0 Å². The molecule has 1 aromatic rings. The molecule has 1 aliphatic rings. The SMILES string of the molecule is N[C@@H]1CCC[C@H]1Nc1cc(F)cc(F)c1. The maximum atomic E-state index is 12.9. The van der Waals surface area contributed by atoms with E-state index in [-0.39, 0.29) is 12.1 Å². The Bertz CT molecular complexity index is 334. The second-order valence-electron chi connectivity index (χ2n) is 4.00. The molecular formula is C11H14F2N2. The third-order valence-corrected chi connectivity index (χ3v) is 2.78. The molecule has 0 heterocycles. The first-order chi connectivity index (χ1) is 7.15. The van der Waals surface area contributed by atoms with Crippen LogP contribution in [0.3, 0.4) is 0 Å². The monoisotopic (exact) mass is 212 g/mol. The summed E-state index contributed by atoms with van der Waals surface area (Å²) >= 11 is 0. The van der Waals surface area contributed by atoms with Gasteiger partial charge in [-0.3, -0.25) is 0 Å². The predicted molar refractivity (Wildman–Crippen MR) is 55.6 cm³/mol. The van der Waals surface area contributed by atoms with E-state index in [4.69, 9.17) is 5.73 Å². The number of halogens is 2. The van der Waals surface area contributed by atoms with Gasteiger partial charge in [0, 0.05) is 23.8 Å². The predicted octanol–water partition coefficient (Wildman–Crippen LogP) is 2.26. The summed E-state index contributed by atoms with van der Waals surface area (Å²) in [7, 11) is 0. The van der Waals surface area contributed by atoms with Gasteiger partial charge in [-0.05, 0) is 31.4 Å². The van der Waals surface area contributed by atoms with Gasteiger partial charge >= 0.3 is 0 Å². The molecule has 0 spiro atoms. The van der Waals surface area contributed by atoms with Crippen LogP contribution >= 0.6 is 0 Å². The quantitative estimate of drug-likeness (QED) is 0.789. The molecule has 0 saturated heterocycles. The maximum absolute atomic E-state index is 12.9. The fourth-order valence-electron chi connectivity index (χ4n) is 2.02. The molecule has 82 valence electrons. The van der Waals surface area contributed by atoms with E-state index >= 15 is 0 Å². The minimum absolute atomic E-state index is 0.0799. The Morgan fingerprint density at radius 3 is 2.33 bits per heavy atom. The summed E-state index contributed by atoms with van der Waals surface area (Å²) in [5, 5.41) is 3.07. The fourth-order valence-corrected chi connectivity index (χ4v) is 2.02. The Labute approximate surface area is 87.5 Å². The number of benzene rings is 1. The Morgan fingerprint density at radius 1 is 1.13 bits per heavy atom. The van der Waals surface area contributed by atoms with Crippen molar-refractivity contribution < 1.29 is 8.78 Å². The van der Waals surface area contributed by atoms with Gasteiger partial charge in [0.25, 0.3) is 0 Å². The molecule has 1 saturated carbocycles. The van der Waals surface area contributed by atoms with Gasteiger partial charge in [0.05, 0.1) is 0 Å². The highest BCUT2D eigenvalue weighted by molar-refractivity contribution is 5.45. The van der Waals surface area contributed by atoms with Gasteiger partial charge in [-0.1, -0.05) is 0 Å². The average molecular weight is 212 g/mol. The van der Waals surface area contributed by atoms with Crippen LogP contribution in [0.5, 0.6) is 0 Å². The van der Waals surface area contributed by atoms with Crippen molar-refractivity contribution in [3.63, 3.8) is 0 Å². The van der Waals surface area contributed by atoms with E-state index in [0.717, 1.165) is 25.3 Å². The highest BCUT2D eigenvalue weighted by Crippen LogP contribution is 2.22. The summed E-state index contributed by atoms with van der Waals surface area (Å²) in [6, 6.07) is 3.64. The summed E-state index contributed by atoms with van der Waals surface area (Å²) in [6.07, 6.45) is 2.99. The highest BCUT2D eigenvalue weighted by atomic mass is 19.1. The number of nitrogens with one attached hydrogen (secondary N) is 1. The third-order valence-electron chi connectivity index (χ3n) is 2.78. The first-order valence-electron chi connectivity index (χ1n) is 5.13. The molecule has 2 rings (SSSR count). The Morgan fingerprint density at radius 2 is 1.80 bits per heavy atom. The summed E-state index contributed by atoms with van der Waals surface area (Å²) < 4.78 is 25.8. The van der Waals surface area contributed by atoms with Gasteiger partial charge < -0.3 is 11.1 Å². The van der Waals surface area contributed by atoms with Crippen molar-refractivity contribution in [2.45, 2.75) is 31.3 Å². The second kappa shape index (κ2) is 4.14. The molecule has 4 heteroatoms. The van der Waals surface area contributed by atoms with Crippen molar-refractivity contribution in [1.29, 1.82) is 0 Å². The van der Waals surface area contributed by atoms with Gasteiger partial charge in [0.15, 0.2) is 0 Å². The van der Waals surface area contributed by atoms with Gasteiger partial charge in [0.2, 0.25) is 0 Å². The summed E-state index contributed by atoms with van der Waals surface area (Å²) in [6.45, 7) is 0. The number of nitrogens with two attached hydrogens (primary N) is 1. The van der Waals surface area contributed by atoms with Crippen LogP contribution in [0.2, 0.25) is 0 Å². The maximum Gasteiger partial charge on any atom is 0.128 e. The van der Waals surface area contributed by atoms with Gasteiger partial charge in [0.1, 0.15) is 11.6 Å². The second-order valence-corrected chi connectivity index (χ2v) is 4.00. The van der Waals surface area contributed by atoms with Gasteiger partial charge in [-0.15, -0.1) is 0 Å². The molecule has 0 aromatic heterocycles. The number of rotatable bonds is 2. The number of hydrogen-bond acceptors (Lipinski definition) is 2. The molecule has 1 aliphatic carbocycles. The molecular weight excluding hydrogens is 198 g/mol. The lowest BCUT2D eigenvalue weighted by Gasteiger charge is -2.18. The molecule has 15 heavy (non-hydrogen) atoms. The Hall–Kier alpha value is -1.16. The fraction of sp³-hybridized carbons (Fsp3) is 0.455. The van der Waals surface area contributed by atoms with E-state index in [1.54, 1.807) is 0 Å². The summed E-state index contributed by atoms with van der Waals surface area (Å²) in [4.78, 5) is 0. The zero-order valence-electron chi connectivity index (χ0n) is 8.34. The van der Waals surface area contributed by atoms with E-state index < -0.39 is 11.6 Å². The van der Waals surface area contributed by atoms with E-state index in [1.165, 1.54) is 12.1 Å². The van der Waals surface area contributed by atoms with E-state index in [9.17, 15) is 8.78 Å². The number of hydrogen-bond donors (Lipinski definition) is 2. The first kappa shape index (κ1) is 10.4. The first-order valence-corrected chi connectivity index (χ1v) is 5.13. The molecule has 0 radical (unpaired) electrons. The zero-order valence-corrected chi connectivity index (χ0v) is 8.34. The van der Waals surface area contributed by atoms with Crippen LogP contribution < -0.4 is 11.1 Å². The molecule has 0 aliphatic heterocycles. The largest absolute Gasteiger partial charge is 0.381 e. The molecule has 1 fully saturated rings. The molecule has 1 aromatic carbocycles. The van der Waals surface area contributed by atoms with E-state index in [0.29, 0.717) is 5.69 Å². The van der Waals surface area contributed by atoms with Crippen LogP contribution in [0.25, 0.3) is 0 Å². The van der Waals surface area contributed by atoms with Crippen LogP contribution in [0.15, 0.2) is 18.2 Å². The van der Waals surface area contributed by atoms with Crippen LogP contribution in [-0.2, 0) is 0 Å².